The number of hydrogen-bond acceptors (Lipinski definition) is 5. The van der Waals surface area contributed by atoms with Crippen molar-refractivity contribution in [2.75, 3.05) is 6.61 Å². The van der Waals surface area contributed by atoms with E-state index in [2.05, 4.69) is 15.3 Å². The molecule has 32 heavy (non-hydrogen) atoms. The van der Waals surface area contributed by atoms with Crippen molar-refractivity contribution < 1.29 is 17.9 Å². The lowest BCUT2D eigenvalue weighted by molar-refractivity contribution is 0.0946. The standard InChI is InChI=1S/C24H23N3O4S/c1-3-31-19-6-9-23(16(2)12-19)32(29,30)20-7-4-17(5-8-20)14-26-24(28)22-13-18-15-25-11-10-21(18)27-22/h4-13,15,27H,3,14H2,1-2H3,(H,26,28). The molecule has 0 bridgehead atoms. The summed E-state index contributed by atoms with van der Waals surface area (Å²) in [6, 6.07) is 15.0. The van der Waals surface area contributed by atoms with Gasteiger partial charge in [-0.05, 0) is 67.4 Å². The first kappa shape index (κ1) is 21.6. The number of aromatic nitrogens is 2. The molecule has 7 nitrogen and oxygen atoms in total. The van der Waals surface area contributed by atoms with Gasteiger partial charge in [-0.1, -0.05) is 12.1 Å². The second-order valence-corrected chi connectivity index (χ2v) is 9.25. The Balaban J connectivity index is 1.46. The summed E-state index contributed by atoms with van der Waals surface area (Å²) in [5.74, 6) is 0.393. The lowest BCUT2D eigenvalue weighted by Crippen LogP contribution is -2.23. The molecular weight excluding hydrogens is 426 g/mol. The second-order valence-electron chi connectivity index (χ2n) is 7.34. The maximum atomic E-state index is 13.1. The summed E-state index contributed by atoms with van der Waals surface area (Å²) in [5, 5.41) is 3.70. The molecular formula is C24H23N3O4S. The van der Waals surface area contributed by atoms with Crippen LogP contribution in [0.5, 0.6) is 5.75 Å². The van der Waals surface area contributed by atoms with Gasteiger partial charge in [0.05, 0.1) is 16.4 Å². The van der Waals surface area contributed by atoms with Gasteiger partial charge in [0.15, 0.2) is 0 Å². The highest BCUT2D eigenvalue weighted by atomic mass is 32.2. The molecule has 4 aromatic rings. The van der Waals surface area contributed by atoms with Gasteiger partial charge >= 0.3 is 0 Å². The zero-order chi connectivity index (χ0) is 22.7. The number of carbonyl (C=O) groups excluding carboxylic acids is 1. The van der Waals surface area contributed by atoms with Crippen LogP contribution in [-0.4, -0.2) is 30.9 Å². The fourth-order valence-electron chi connectivity index (χ4n) is 3.47. The first-order chi connectivity index (χ1) is 15.4. The van der Waals surface area contributed by atoms with Gasteiger partial charge in [-0.2, -0.15) is 0 Å². The largest absolute Gasteiger partial charge is 0.494 e. The van der Waals surface area contributed by atoms with E-state index in [0.717, 1.165) is 16.5 Å². The third-order valence-electron chi connectivity index (χ3n) is 5.10. The van der Waals surface area contributed by atoms with E-state index < -0.39 is 9.84 Å². The second kappa shape index (κ2) is 8.84. The van der Waals surface area contributed by atoms with Gasteiger partial charge in [0.25, 0.3) is 5.91 Å². The Labute approximate surface area is 186 Å². The minimum atomic E-state index is -3.66. The van der Waals surface area contributed by atoms with E-state index in [4.69, 9.17) is 4.74 Å². The summed E-state index contributed by atoms with van der Waals surface area (Å²) >= 11 is 0. The van der Waals surface area contributed by atoms with E-state index in [0.29, 0.717) is 23.6 Å². The molecule has 0 aliphatic carbocycles. The number of amides is 1. The van der Waals surface area contributed by atoms with E-state index in [1.165, 1.54) is 0 Å². The highest BCUT2D eigenvalue weighted by Crippen LogP contribution is 2.27. The summed E-state index contributed by atoms with van der Waals surface area (Å²) in [7, 11) is -3.66. The number of H-pyrrole nitrogens is 1. The van der Waals surface area contributed by atoms with Crippen molar-refractivity contribution in [2.45, 2.75) is 30.2 Å². The quantitative estimate of drug-likeness (QED) is 0.444. The molecule has 2 aromatic carbocycles. The van der Waals surface area contributed by atoms with Crippen LogP contribution in [0.1, 0.15) is 28.5 Å². The molecule has 0 atom stereocenters. The van der Waals surface area contributed by atoms with Gasteiger partial charge in [0.2, 0.25) is 9.84 Å². The van der Waals surface area contributed by atoms with Crippen LogP contribution in [0.4, 0.5) is 0 Å². The Hall–Kier alpha value is -3.65. The van der Waals surface area contributed by atoms with Crippen LogP contribution >= 0.6 is 0 Å². The number of carbonyl (C=O) groups is 1. The van der Waals surface area contributed by atoms with Crippen molar-refractivity contribution >= 4 is 26.6 Å². The van der Waals surface area contributed by atoms with Gasteiger partial charge in [-0.3, -0.25) is 9.78 Å². The Morgan fingerprint density at radius 1 is 1.09 bits per heavy atom. The van der Waals surface area contributed by atoms with Gasteiger partial charge in [0.1, 0.15) is 11.4 Å². The van der Waals surface area contributed by atoms with Crippen LogP contribution in [-0.2, 0) is 16.4 Å². The first-order valence-corrected chi connectivity index (χ1v) is 11.6. The minimum Gasteiger partial charge on any atom is -0.494 e. The highest BCUT2D eigenvalue weighted by molar-refractivity contribution is 7.91. The predicted molar refractivity (Wildman–Crippen MR) is 122 cm³/mol. The van der Waals surface area contributed by atoms with E-state index in [9.17, 15) is 13.2 Å². The van der Waals surface area contributed by atoms with Crippen LogP contribution in [0.25, 0.3) is 10.9 Å². The number of hydrogen-bond donors (Lipinski definition) is 2. The van der Waals surface area contributed by atoms with Crippen LogP contribution < -0.4 is 10.1 Å². The van der Waals surface area contributed by atoms with E-state index >= 15 is 0 Å². The average molecular weight is 450 g/mol. The number of benzene rings is 2. The maximum absolute atomic E-state index is 13.1. The molecule has 0 fully saturated rings. The lowest BCUT2D eigenvalue weighted by atomic mass is 10.2. The molecule has 8 heteroatoms. The molecule has 0 radical (unpaired) electrons. The number of pyridine rings is 1. The summed E-state index contributed by atoms with van der Waals surface area (Å²) < 4.78 is 31.5. The number of ether oxygens (including phenoxy) is 1. The smallest absolute Gasteiger partial charge is 0.267 e. The van der Waals surface area contributed by atoms with Crippen molar-refractivity contribution in [2.24, 2.45) is 0 Å². The zero-order valence-corrected chi connectivity index (χ0v) is 18.6. The van der Waals surface area contributed by atoms with Crippen molar-refractivity contribution in [1.29, 1.82) is 0 Å². The normalized spacial score (nSPS) is 11.4. The molecule has 0 unspecified atom stereocenters. The van der Waals surface area contributed by atoms with Crippen LogP contribution in [0.15, 0.2) is 76.8 Å². The molecule has 2 aromatic heterocycles. The number of aromatic amines is 1. The number of nitrogens with zero attached hydrogens (tertiary/aromatic N) is 1. The number of nitrogens with one attached hydrogen (secondary N) is 2. The number of sulfone groups is 1. The Bertz CT molecular complexity index is 1340. The highest BCUT2D eigenvalue weighted by Gasteiger charge is 2.20. The van der Waals surface area contributed by atoms with Crippen LogP contribution in [0.3, 0.4) is 0 Å². The number of fused-ring (bicyclic) bond motifs is 1. The van der Waals surface area contributed by atoms with E-state index in [-0.39, 0.29) is 22.2 Å². The van der Waals surface area contributed by atoms with Gasteiger partial charge in [-0.25, -0.2) is 8.42 Å². The molecule has 164 valence electrons. The molecule has 4 rings (SSSR count). The molecule has 2 N–H and O–H groups in total. The summed E-state index contributed by atoms with van der Waals surface area (Å²) in [6.07, 6.45) is 3.35. The molecule has 0 aliphatic heterocycles. The van der Waals surface area contributed by atoms with Crippen LogP contribution in [0, 0.1) is 6.92 Å². The van der Waals surface area contributed by atoms with Crippen LogP contribution in [0.2, 0.25) is 0 Å². The van der Waals surface area contributed by atoms with Gasteiger partial charge < -0.3 is 15.0 Å². The van der Waals surface area contributed by atoms with Gasteiger partial charge in [0, 0.05) is 29.8 Å². The average Bonchev–Trinajstić information content (AvgIpc) is 3.22. The third kappa shape index (κ3) is 4.36. The lowest BCUT2D eigenvalue weighted by Gasteiger charge is -2.11. The molecule has 1 amide bonds. The molecule has 0 aliphatic rings. The van der Waals surface area contributed by atoms with Crippen molar-refractivity contribution in [3.63, 3.8) is 0 Å². The van der Waals surface area contributed by atoms with Crippen molar-refractivity contribution in [3.8, 4) is 5.75 Å². The predicted octanol–water partition coefficient (Wildman–Crippen LogP) is 4.03. The fourth-order valence-corrected chi connectivity index (χ4v) is 4.94. The topological polar surface area (TPSA) is 101 Å². The molecule has 0 saturated heterocycles. The number of rotatable bonds is 7. The van der Waals surface area contributed by atoms with E-state index in [1.54, 1.807) is 73.9 Å². The van der Waals surface area contributed by atoms with Crippen molar-refractivity contribution in [1.82, 2.24) is 15.3 Å². The minimum absolute atomic E-state index is 0.197. The van der Waals surface area contributed by atoms with Gasteiger partial charge in [-0.15, -0.1) is 0 Å². The SMILES string of the molecule is CCOc1ccc(S(=O)(=O)c2ccc(CNC(=O)c3cc4cnccc4[nH]3)cc2)c(C)c1. The summed E-state index contributed by atoms with van der Waals surface area (Å²) in [5.41, 5.74) is 2.70. The summed E-state index contributed by atoms with van der Waals surface area (Å²) in [4.78, 5) is 20.0. The Morgan fingerprint density at radius 3 is 2.56 bits per heavy atom. The molecule has 0 spiro atoms. The molecule has 2 heterocycles. The molecule has 0 saturated carbocycles. The fraction of sp³-hybridized carbons (Fsp3) is 0.167. The Morgan fingerprint density at radius 2 is 1.88 bits per heavy atom. The van der Waals surface area contributed by atoms with Crippen molar-refractivity contribution in [3.05, 3.63) is 83.8 Å². The Kier molecular flexibility index (Phi) is 5.96. The third-order valence-corrected chi connectivity index (χ3v) is 7.03. The van der Waals surface area contributed by atoms with E-state index in [1.807, 2.05) is 6.92 Å². The maximum Gasteiger partial charge on any atom is 0.267 e. The number of aryl methyl sites for hydroxylation is 1. The monoisotopic (exact) mass is 449 g/mol. The first-order valence-electron chi connectivity index (χ1n) is 10.2. The summed E-state index contributed by atoms with van der Waals surface area (Å²) in [6.45, 7) is 4.41. The zero-order valence-electron chi connectivity index (χ0n) is 17.8.